The highest BCUT2D eigenvalue weighted by Gasteiger charge is 2.41. The van der Waals surface area contributed by atoms with E-state index in [1.54, 1.807) is 0 Å². The summed E-state index contributed by atoms with van der Waals surface area (Å²) in [4.78, 5) is 27.8. The van der Waals surface area contributed by atoms with Gasteiger partial charge in [-0.15, -0.1) is 0 Å². The molecule has 0 fully saturated rings. The summed E-state index contributed by atoms with van der Waals surface area (Å²) >= 11 is 5.32. The van der Waals surface area contributed by atoms with Crippen LogP contribution in [0.3, 0.4) is 0 Å². The average molecular weight is 264 g/mol. The third-order valence-corrected chi connectivity index (χ3v) is 2.02. The molecule has 0 saturated carbocycles. The monoisotopic (exact) mass is 263 g/mol. The molecule has 0 amide bonds. The molecule has 90 valence electrons. The maximum Gasteiger partial charge on any atom is 0.427 e. The van der Waals surface area contributed by atoms with Crippen LogP contribution in [0.4, 0.5) is 17.1 Å². The minimum atomic E-state index is -1.45. The van der Waals surface area contributed by atoms with Crippen molar-refractivity contribution in [2.75, 3.05) is 0 Å². The van der Waals surface area contributed by atoms with Crippen LogP contribution in [0.25, 0.3) is 0 Å². The van der Waals surface area contributed by atoms with Crippen LogP contribution in [0.1, 0.15) is 0 Å². The van der Waals surface area contributed by atoms with Gasteiger partial charge in [0.15, 0.2) is 0 Å². The normalized spacial score (nSPS) is 9.94. The second kappa shape index (κ2) is 4.17. The lowest BCUT2D eigenvalue weighted by Crippen LogP contribution is -2.02. The molecule has 0 aliphatic rings. The Balaban J connectivity index is 3.85. The fourth-order valence-electron chi connectivity index (χ4n) is 1.13. The highest BCUT2D eigenvalue weighted by Crippen LogP contribution is 2.46. The zero-order chi connectivity index (χ0) is 13.3. The van der Waals surface area contributed by atoms with Crippen molar-refractivity contribution in [2.45, 2.75) is 0 Å². The van der Waals surface area contributed by atoms with Crippen molar-refractivity contribution < 1.29 is 19.9 Å². The molecule has 0 saturated heterocycles. The van der Waals surface area contributed by atoms with Crippen LogP contribution in [0.15, 0.2) is 6.07 Å². The highest BCUT2D eigenvalue weighted by atomic mass is 35.5. The molecule has 1 aromatic carbocycles. The zero-order valence-electron chi connectivity index (χ0n) is 7.69. The number of nitro benzene ring substituents is 3. The smallest absolute Gasteiger partial charge is 0.427 e. The number of nitro groups is 3. The molecule has 1 aromatic rings. The zero-order valence-corrected chi connectivity index (χ0v) is 8.45. The predicted molar refractivity (Wildman–Crippen MR) is 53.1 cm³/mol. The van der Waals surface area contributed by atoms with Gasteiger partial charge in [0.25, 0.3) is 0 Å². The number of hydrogen-bond acceptors (Lipinski definition) is 7. The lowest BCUT2D eigenvalue weighted by molar-refractivity contribution is -0.441. The quantitative estimate of drug-likeness (QED) is 0.644. The van der Waals surface area contributed by atoms with Gasteiger partial charge in [0.2, 0.25) is 5.75 Å². The van der Waals surface area contributed by atoms with Gasteiger partial charge in [-0.25, -0.2) is 0 Å². The lowest BCUT2D eigenvalue weighted by Gasteiger charge is -2.00. The third-order valence-electron chi connectivity index (χ3n) is 1.73. The first-order valence-electron chi connectivity index (χ1n) is 3.76. The number of rotatable bonds is 3. The summed E-state index contributed by atoms with van der Waals surface area (Å²) in [7, 11) is 0. The van der Waals surface area contributed by atoms with E-state index in [0.29, 0.717) is 6.07 Å². The second-order valence-corrected chi connectivity index (χ2v) is 3.10. The molecule has 0 heterocycles. The van der Waals surface area contributed by atoms with Crippen molar-refractivity contribution in [1.29, 1.82) is 0 Å². The average Bonchev–Trinajstić information content (AvgIpc) is 2.14. The van der Waals surface area contributed by atoms with Crippen LogP contribution in [-0.4, -0.2) is 19.9 Å². The van der Waals surface area contributed by atoms with Crippen molar-refractivity contribution >= 4 is 28.7 Å². The summed E-state index contributed by atoms with van der Waals surface area (Å²) in [6.07, 6.45) is 0. The first kappa shape index (κ1) is 12.6. The van der Waals surface area contributed by atoms with Crippen molar-refractivity contribution in [1.82, 2.24) is 0 Å². The Kier molecular flexibility index (Phi) is 3.09. The maximum absolute atomic E-state index is 10.6. The molecule has 1 rings (SSSR count). The standard InChI is InChI=1S/C6H2ClN3O7/c7-2-1-3(11)5(9(14)15)6(10(16)17)4(2)8(12)13/h1,11H. The fraction of sp³-hybridized carbons (Fsp3) is 0. The van der Waals surface area contributed by atoms with Crippen molar-refractivity contribution in [3.63, 3.8) is 0 Å². The van der Waals surface area contributed by atoms with Gasteiger partial charge in [-0.3, -0.25) is 30.3 Å². The maximum atomic E-state index is 10.6. The van der Waals surface area contributed by atoms with Crippen molar-refractivity contribution in [2.24, 2.45) is 0 Å². The van der Waals surface area contributed by atoms with E-state index in [1.807, 2.05) is 0 Å². The van der Waals surface area contributed by atoms with E-state index >= 15 is 0 Å². The van der Waals surface area contributed by atoms with Gasteiger partial charge in [-0.05, 0) is 0 Å². The second-order valence-electron chi connectivity index (χ2n) is 2.69. The molecule has 0 bridgehead atoms. The van der Waals surface area contributed by atoms with E-state index < -0.39 is 42.6 Å². The Morgan fingerprint density at radius 3 is 1.71 bits per heavy atom. The molecule has 0 aromatic heterocycles. The van der Waals surface area contributed by atoms with E-state index in [0.717, 1.165) is 0 Å². The van der Waals surface area contributed by atoms with E-state index in [2.05, 4.69) is 0 Å². The number of benzene rings is 1. The van der Waals surface area contributed by atoms with Gasteiger partial charge < -0.3 is 5.11 Å². The molecule has 0 radical (unpaired) electrons. The van der Waals surface area contributed by atoms with Crippen molar-refractivity contribution in [3.8, 4) is 5.75 Å². The molecule has 0 unspecified atom stereocenters. The highest BCUT2D eigenvalue weighted by molar-refractivity contribution is 6.33. The van der Waals surface area contributed by atoms with Gasteiger partial charge in [-0.1, -0.05) is 11.6 Å². The van der Waals surface area contributed by atoms with E-state index in [9.17, 15) is 30.3 Å². The largest absolute Gasteiger partial charge is 0.502 e. The van der Waals surface area contributed by atoms with Crippen LogP contribution >= 0.6 is 11.6 Å². The summed E-state index contributed by atoms with van der Waals surface area (Å²) < 4.78 is 0. The third kappa shape index (κ3) is 2.06. The Morgan fingerprint density at radius 1 is 0.941 bits per heavy atom. The molecule has 0 aliphatic heterocycles. The van der Waals surface area contributed by atoms with Gasteiger partial charge in [0, 0.05) is 6.07 Å². The lowest BCUT2D eigenvalue weighted by atomic mass is 10.2. The van der Waals surface area contributed by atoms with E-state index in [-0.39, 0.29) is 0 Å². The summed E-state index contributed by atoms with van der Waals surface area (Å²) in [5.74, 6) is -1.11. The fourth-order valence-corrected chi connectivity index (χ4v) is 1.39. The minimum absolute atomic E-state index is 0.505. The molecule has 0 aliphatic carbocycles. The van der Waals surface area contributed by atoms with E-state index in [4.69, 9.17) is 16.7 Å². The number of halogens is 1. The van der Waals surface area contributed by atoms with Gasteiger partial charge in [0.05, 0.1) is 14.8 Å². The van der Waals surface area contributed by atoms with Crippen LogP contribution in [0.5, 0.6) is 5.75 Å². The summed E-state index contributed by atoms with van der Waals surface area (Å²) in [6, 6.07) is 0.505. The molecule has 0 atom stereocenters. The number of nitrogens with zero attached hydrogens (tertiary/aromatic N) is 3. The number of phenols is 1. The first-order chi connectivity index (χ1) is 7.77. The Hall–Kier alpha value is -2.49. The van der Waals surface area contributed by atoms with Crippen LogP contribution in [-0.2, 0) is 0 Å². The molecule has 17 heavy (non-hydrogen) atoms. The minimum Gasteiger partial charge on any atom is -0.502 e. The van der Waals surface area contributed by atoms with Gasteiger partial charge in [-0.2, -0.15) is 0 Å². The summed E-state index contributed by atoms with van der Waals surface area (Å²) in [5.41, 5.74) is -4.06. The number of aromatic hydroxyl groups is 1. The predicted octanol–water partition coefficient (Wildman–Crippen LogP) is 1.77. The first-order valence-corrected chi connectivity index (χ1v) is 4.13. The van der Waals surface area contributed by atoms with Gasteiger partial charge in [0.1, 0.15) is 5.02 Å². The van der Waals surface area contributed by atoms with Crippen LogP contribution in [0.2, 0.25) is 5.02 Å². The number of hydrogen-bond donors (Lipinski definition) is 1. The van der Waals surface area contributed by atoms with Crippen molar-refractivity contribution in [3.05, 3.63) is 41.4 Å². The molecular formula is C6H2ClN3O7. The summed E-state index contributed by atoms with van der Waals surface area (Å²) in [6.45, 7) is 0. The Bertz CT molecular complexity index is 505. The topological polar surface area (TPSA) is 150 Å². The number of phenolic OH excluding ortho intramolecular Hbond substituents is 1. The molecule has 10 nitrogen and oxygen atoms in total. The summed E-state index contributed by atoms with van der Waals surface area (Å²) in [5, 5.41) is 40.0. The molecule has 11 heteroatoms. The molecular weight excluding hydrogens is 262 g/mol. The van der Waals surface area contributed by atoms with E-state index in [1.165, 1.54) is 0 Å². The molecule has 0 spiro atoms. The van der Waals surface area contributed by atoms with Crippen LogP contribution < -0.4 is 0 Å². The van der Waals surface area contributed by atoms with Gasteiger partial charge >= 0.3 is 17.1 Å². The Morgan fingerprint density at radius 2 is 1.35 bits per heavy atom. The molecule has 1 N–H and O–H groups in total. The van der Waals surface area contributed by atoms with Crippen LogP contribution in [0, 0.1) is 30.3 Å². The Labute approximate surface area is 96.5 Å². The SMILES string of the molecule is O=[N+]([O-])c1c(O)cc(Cl)c([N+](=O)[O-])c1[N+](=O)[O-].